The van der Waals surface area contributed by atoms with Crippen LogP contribution in [0.5, 0.6) is 0 Å². The molecule has 0 aliphatic heterocycles. The van der Waals surface area contributed by atoms with Crippen LogP contribution in [0.25, 0.3) is 0 Å². The summed E-state index contributed by atoms with van der Waals surface area (Å²) in [6, 6.07) is 8.40. The van der Waals surface area contributed by atoms with Crippen molar-refractivity contribution in [3.63, 3.8) is 0 Å². The van der Waals surface area contributed by atoms with Gasteiger partial charge in [0.05, 0.1) is 11.1 Å². The van der Waals surface area contributed by atoms with E-state index < -0.39 is 17.5 Å². The zero-order valence-corrected chi connectivity index (χ0v) is 15.6. The van der Waals surface area contributed by atoms with E-state index in [4.69, 9.17) is 4.74 Å². The van der Waals surface area contributed by atoms with Gasteiger partial charge >= 0.3 is 5.97 Å². The molecule has 0 unspecified atom stereocenters. The maximum Gasteiger partial charge on any atom is 0.339 e. The minimum atomic E-state index is -0.647. The highest BCUT2D eigenvalue weighted by Gasteiger charge is 2.23. The lowest BCUT2D eigenvalue weighted by Gasteiger charge is -2.20. The Morgan fingerprint density at radius 3 is 2.42 bits per heavy atom. The number of anilines is 1. The van der Waals surface area contributed by atoms with Crippen molar-refractivity contribution in [1.82, 2.24) is 4.98 Å². The van der Waals surface area contributed by atoms with Gasteiger partial charge in [-0.25, -0.2) is 9.78 Å². The van der Waals surface area contributed by atoms with Gasteiger partial charge in [-0.2, -0.15) is 0 Å². The van der Waals surface area contributed by atoms with Crippen LogP contribution in [-0.4, -0.2) is 22.5 Å². The van der Waals surface area contributed by atoms with Gasteiger partial charge in [0, 0.05) is 10.7 Å². The first-order valence-electron chi connectivity index (χ1n) is 7.42. The maximum absolute atomic E-state index is 12.5. The fraction of sp³-hybridized carbons (Fsp3) is 0.278. The second kappa shape index (κ2) is 7.13. The Morgan fingerprint density at radius 1 is 1.12 bits per heavy atom. The predicted octanol–water partition coefficient (Wildman–Crippen LogP) is 4.36. The molecule has 5 nitrogen and oxygen atoms in total. The highest BCUT2D eigenvalue weighted by Crippen LogP contribution is 2.21. The van der Waals surface area contributed by atoms with Crippen molar-refractivity contribution in [1.29, 1.82) is 0 Å². The van der Waals surface area contributed by atoms with E-state index in [0.717, 1.165) is 5.56 Å². The molecular formula is C18H19BrN2O3. The third-order valence-corrected chi connectivity index (χ3v) is 3.49. The number of esters is 1. The lowest BCUT2D eigenvalue weighted by Crippen LogP contribution is -2.26. The van der Waals surface area contributed by atoms with Crippen LogP contribution in [0.3, 0.4) is 0 Å². The molecule has 2 rings (SSSR count). The van der Waals surface area contributed by atoms with Crippen molar-refractivity contribution in [3.05, 3.63) is 57.7 Å². The van der Waals surface area contributed by atoms with Crippen LogP contribution in [0.2, 0.25) is 0 Å². The summed E-state index contributed by atoms with van der Waals surface area (Å²) in [5.74, 6) is -0.547. The SMILES string of the molecule is Cc1ccc(NC(=O)c2ccc(Br)cc2C(=O)OC(C)(C)C)nc1. The molecule has 0 aliphatic carbocycles. The Morgan fingerprint density at radius 2 is 1.83 bits per heavy atom. The molecule has 1 N–H and O–H groups in total. The van der Waals surface area contributed by atoms with Gasteiger partial charge in [-0.05, 0) is 57.5 Å². The zero-order valence-electron chi connectivity index (χ0n) is 14.0. The molecule has 0 spiro atoms. The van der Waals surface area contributed by atoms with Crippen molar-refractivity contribution < 1.29 is 14.3 Å². The number of nitrogens with one attached hydrogen (secondary N) is 1. The number of halogens is 1. The van der Waals surface area contributed by atoms with E-state index in [9.17, 15) is 9.59 Å². The lowest BCUT2D eigenvalue weighted by molar-refractivity contribution is 0.00677. The van der Waals surface area contributed by atoms with E-state index in [0.29, 0.717) is 10.3 Å². The zero-order chi connectivity index (χ0) is 17.9. The van der Waals surface area contributed by atoms with Gasteiger partial charge in [0.2, 0.25) is 0 Å². The molecule has 1 amide bonds. The Labute approximate surface area is 149 Å². The second-order valence-electron chi connectivity index (χ2n) is 6.37. The third kappa shape index (κ3) is 4.89. The van der Waals surface area contributed by atoms with Crippen molar-refractivity contribution in [2.24, 2.45) is 0 Å². The minimum Gasteiger partial charge on any atom is -0.456 e. The number of benzene rings is 1. The number of hydrogen-bond donors (Lipinski definition) is 1. The number of aromatic nitrogens is 1. The van der Waals surface area contributed by atoms with E-state index in [1.165, 1.54) is 0 Å². The van der Waals surface area contributed by atoms with E-state index in [-0.39, 0.29) is 11.1 Å². The number of ether oxygens (including phenoxy) is 1. The number of carbonyl (C=O) groups is 2. The molecule has 1 aromatic heterocycles. The van der Waals surface area contributed by atoms with Crippen LogP contribution >= 0.6 is 15.9 Å². The molecule has 1 heterocycles. The van der Waals surface area contributed by atoms with Gasteiger partial charge in [-0.1, -0.05) is 22.0 Å². The Kier molecular flexibility index (Phi) is 5.39. The Balaban J connectivity index is 2.30. The molecule has 0 atom stereocenters. The quantitative estimate of drug-likeness (QED) is 0.790. The summed E-state index contributed by atoms with van der Waals surface area (Å²) < 4.78 is 6.07. The van der Waals surface area contributed by atoms with Crippen molar-refractivity contribution >= 4 is 33.6 Å². The summed E-state index contributed by atoms with van der Waals surface area (Å²) in [6.45, 7) is 7.24. The molecule has 0 fully saturated rings. The van der Waals surface area contributed by atoms with Crippen LogP contribution in [-0.2, 0) is 4.74 Å². The van der Waals surface area contributed by atoms with Crippen molar-refractivity contribution in [3.8, 4) is 0 Å². The first kappa shape index (κ1) is 18.1. The monoisotopic (exact) mass is 390 g/mol. The van der Waals surface area contributed by atoms with Gasteiger partial charge in [-0.3, -0.25) is 4.79 Å². The smallest absolute Gasteiger partial charge is 0.339 e. The first-order chi connectivity index (χ1) is 11.2. The van der Waals surface area contributed by atoms with E-state index >= 15 is 0 Å². The molecule has 0 aliphatic rings. The number of hydrogen-bond acceptors (Lipinski definition) is 4. The molecule has 1 aromatic carbocycles. The number of nitrogens with zero attached hydrogens (tertiary/aromatic N) is 1. The van der Waals surface area contributed by atoms with Crippen LogP contribution in [0, 0.1) is 6.92 Å². The number of amides is 1. The number of rotatable bonds is 3. The standard InChI is InChI=1S/C18H19BrN2O3/c1-11-5-8-15(20-10-11)21-16(22)13-7-6-12(19)9-14(13)17(23)24-18(2,3)4/h5-10H,1-4H3,(H,20,21,22). The summed E-state index contributed by atoms with van der Waals surface area (Å²) in [6.07, 6.45) is 1.66. The van der Waals surface area contributed by atoms with E-state index in [1.807, 2.05) is 13.0 Å². The van der Waals surface area contributed by atoms with Gasteiger partial charge < -0.3 is 10.1 Å². The molecule has 0 bridgehead atoms. The molecule has 0 saturated carbocycles. The third-order valence-electron chi connectivity index (χ3n) is 3.00. The summed E-state index contributed by atoms with van der Waals surface area (Å²) >= 11 is 3.32. The van der Waals surface area contributed by atoms with Gasteiger partial charge in [0.1, 0.15) is 11.4 Å². The predicted molar refractivity (Wildman–Crippen MR) is 96.2 cm³/mol. The highest BCUT2D eigenvalue weighted by atomic mass is 79.9. The summed E-state index contributed by atoms with van der Waals surface area (Å²) in [5, 5.41) is 2.69. The van der Waals surface area contributed by atoms with E-state index in [1.54, 1.807) is 51.2 Å². The van der Waals surface area contributed by atoms with Crippen molar-refractivity contribution in [2.45, 2.75) is 33.3 Å². The normalized spacial score (nSPS) is 11.0. The molecule has 2 aromatic rings. The molecule has 0 radical (unpaired) electrons. The van der Waals surface area contributed by atoms with Crippen LogP contribution in [0.1, 0.15) is 47.1 Å². The first-order valence-corrected chi connectivity index (χ1v) is 8.22. The van der Waals surface area contributed by atoms with Crippen molar-refractivity contribution in [2.75, 3.05) is 5.32 Å². The van der Waals surface area contributed by atoms with Crippen LogP contribution in [0.15, 0.2) is 41.0 Å². The lowest BCUT2D eigenvalue weighted by atomic mass is 10.1. The number of carbonyl (C=O) groups excluding carboxylic acids is 2. The molecule has 0 saturated heterocycles. The summed E-state index contributed by atoms with van der Waals surface area (Å²) in [4.78, 5) is 29.1. The second-order valence-corrected chi connectivity index (χ2v) is 7.28. The van der Waals surface area contributed by atoms with Gasteiger partial charge in [0.15, 0.2) is 0 Å². The average molecular weight is 391 g/mol. The largest absolute Gasteiger partial charge is 0.456 e. The van der Waals surface area contributed by atoms with Crippen LogP contribution in [0.4, 0.5) is 5.82 Å². The highest BCUT2D eigenvalue weighted by molar-refractivity contribution is 9.10. The van der Waals surface area contributed by atoms with Gasteiger partial charge in [0.25, 0.3) is 5.91 Å². The Hall–Kier alpha value is -2.21. The fourth-order valence-electron chi connectivity index (χ4n) is 1.94. The molecular weight excluding hydrogens is 372 g/mol. The topological polar surface area (TPSA) is 68.3 Å². The Bertz CT molecular complexity index is 765. The number of pyridine rings is 1. The van der Waals surface area contributed by atoms with Gasteiger partial charge in [-0.15, -0.1) is 0 Å². The summed E-state index contributed by atoms with van der Waals surface area (Å²) in [5.41, 5.74) is 0.774. The fourth-order valence-corrected chi connectivity index (χ4v) is 2.30. The average Bonchev–Trinajstić information content (AvgIpc) is 2.47. The minimum absolute atomic E-state index is 0.198. The summed E-state index contributed by atoms with van der Waals surface area (Å²) in [7, 11) is 0. The molecule has 24 heavy (non-hydrogen) atoms. The molecule has 126 valence electrons. The maximum atomic E-state index is 12.5. The van der Waals surface area contributed by atoms with Crippen LogP contribution < -0.4 is 5.32 Å². The van der Waals surface area contributed by atoms with E-state index in [2.05, 4.69) is 26.2 Å². The number of aryl methyl sites for hydroxylation is 1. The molecule has 6 heteroatoms.